The summed E-state index contributed by atoms with van der Waals surface area (Å²) in [6.45, 7) is 5.47. The first kappa shape index (κ1) is 18.4. The van der Waals surface area contributed by atoms with Gasteiger partial charge >= 0.3 is 5.97 Å². The lowest BCUT2D eigenvalue weighted by molar-refractivity contribution is -0.145. The Hall–Kier alpha value is -2.40. The molecular formula is C21H26N2O3. The number of amides is 1. The normalized spacial score (nSPS) is 22.1. The molecule has 1 heterocycles. The summed E-state index contributed by atoms with van der Waals surface area (Å²) in [5, 5.41) is 14.6. The van der Waals surface area contributed by atoms with E-state index in [1.54, 1.807) is 0 Å². The number of hydrogen-bond acceptors (Lipinski definition) is 3. The van der Waals surface area contributed by atoms with Gasteiger partial charge in [0.2, 0.25) is 5.91 Å². The number of fused-ring (bicyclic) bond motifs is 1. The average Bonchev–Trinajstić information content (AvgIpc) is 2.60. The van der Waals surface area contributed by atoms with Crippen LogP contribution in [0.2, 0.25) is 0 Å². The third-order valence-corrected chi connectivity index (χ3v) is 5.12. The summed E-state index contributed by atoms with van der Waals surface area (Å²) in [4.78, 5) is 25.8. The van der Waals surface area contributed by atoms with Crippen molar-refractivity contribution in [3.8, 4) is 0 Å². The van der Waals surface area contributed by atoms with Crippen molar-refractivity contribution in [2.75, 3.05) is 19.6 Å². The van der Waals surface area contributed by atoms with E-state index in [0.29, 0.717) is 13.0 Å². The summed E-state index contributed by atoms with van der Waals surface area (Å²) in [6.07, 6.45) is 0.680. The molecule has 3 atom stereocenters. The first-order valence-corrected chi connectivity index (χ1v) is 9.16. The summed E-state index contributed by atoms with van der Waals surface area (Å²) in [5.41, 5.74) is 1.09. The van der Waals surface area contributed by atoms with E-state index in [2.05, 4.69) is 23.5 Å². The van der Waals surface area contributed by atoms with Crippen molar-refractivity contribution in [3.63, 3.8) is 0 Å². The van der Waals surface area contributed by atoms with E-state index < -0.39 is 5.97 Å². The van der Waals surface area contributed by atoms with Gasteiger partial charge in [0, 0.05) is 13.1 Å². The molecule has 0 saturated carbocycles. The number of carboxylic acids is 1. The minimum Gasteiger partial charge on any atom is -0.481 e. The molecule has 2 aromatic rings. The highest BCUT2D eigenvalue weighted by molar-refractivity contribution is 5.87. The van der Waals surface area contributed by atoms with Gasteiger partial charge in [-0.05, 0) is 35.6 Å². The van der Waals surface area contributed by atoms with E-state index in [1.165, 1.54) is 0 Å². The number of nitrogens with one attached hydrogen (secondary N) is 1. The van der Waals surface area contributed by atoms with Gasteiger partial charge in [0.25, 0.3) is 0 Å². The second kappa shape index (κ2) is 7.87. The molecule has 2 aromatic carbocycles. The molecule has 1 fully saturated rings. The summed E-state index contributed by atoms with van der Waals surface area (Å²) in [6, 6.07) is 14.1. The largest absolute Gasteiger partial charge is 0.481 e. The second-order valence-electron chi connectivity index (χ2n) is 7.43. The van der Waals surface area contributed by atoms with Crippen LogP contribution >= 0.6 is 0 Å². The first-order valence-electron chi connectivity index (χ1n) is 9.16. The number of piperidine rings is 1. The Morgan fingerprint density at radius 2 is 1.92 bits per heavy atom. The summed E-state index contributed by atoms with van der Waals surface area (Å²) >= 11 is 0. The second-order valence-corrected chi connectivity index (χ2v) is 7.43. The third kappa shape index (κ3) is 4.22. The van der Waals surface area contributed by atoms with E-state index in [1.807, 2.05) is 43.0 Å². The number of nitrogens with zero attached hydrogens (tertiary/aromatic N) is 1. The number of rotatable bonds is 5. The Bertz CT molecular complexity index is 799. The summed E-state index contributed by atoms with van der Waals surface area (Å²) < 4.78 is 0. The molecule has 2 N–H and O–H groups in total. The van der Waals surface area contributed by atoms with Gasteiger partial charge in [-0.2, -0.15) is 0 Å². The highest BCUT2D eigenvalue weighted by Crippen LogP contribution is 2.24. The molecular weight excluding hydrogens is 328 g/mol. The number of carbonyl (C=O) groups is 2. The van der Waals surface area contributed by atoms with Crippen molar-refractivity contribution in [3.05, 3.63) is 48.0 Å². The molecule has 0 aliphatic carbocycles. The first-order chi connectivity index (χ1) is 12.4. The minimum absolute atomic E-state index is 0.0660. The Morgan fingerprint density at radius 3 is 2.69 bits per heavy atom. The topological polar surface area (TPSA) is 69.6 Å². The van der Waals surface area contributed by atoms with Gasteiger partial charge in [0.05, 0.1) is 18.5 Å². The molecule has 1 aliphatic rings. The predicted molar refractivity (Wildman–Crippen MR) is 102 cm³/mol. The highest BCUT2D eigenvalue weighted by atomic mass is 16.4. The fourth-order valence-corrected chi connectivity index (χ4v) is 3.97. The zero-order valence-corrected chi connectivity index (χ0v) is 15.3. The Labute approximate surface area is 154 Å². The van der Waals surface area contributed by atoms with Gasteiger partial charge in [0.15, 0.2) is 0 Å². The van der Waals surface area contributed by atoms with Crippen LogP contribution < -0.4 is 5.32 Å². The standard InChI is InChI=1S/C21H26N2O3/c1-14-10-17(21(25)26)12-23(11-14)13-20(24)22-15(2)18-9-5-7-16-6-3-4-8-19(16)18/h3-9,14-15,17H,10-13H2,1-2H3,(H,22,24)(H,25,26). The molecule has 1 amide bonds. The van der Waals surface area contributed by atoms with Crippen molar-refractivity contribution in [2.24, 2.45) is 11.8 Å². The average molecular weight is 354 g/mol. The molecule has 0 bridgehead atoms. The van der Waals surface area contributed by atoms with Crippen molar-refractivity contribution in [2.45, 2.75) is 26.3 Å². The maximum absolute atomic E-state index is 12.5. The predicted octanol–water partition coefficient (Wildman–Crippen LogP) is 3.06. The molecule has 5 nitrogen and oxygen atoms in total. The molecule has 0 radical (unpaired) electrons. The van der Waals surface area contributed by atoms with Crippen molar-refractivity contribution < 1.29 is 14.7 Å². The number of aliphatic carboxylic acids is 1. The quantitative estimate of drug-likeness (QED) is 0.866. The van der Waals surface area contributed by atoms with Gasteiger partial charge in [-0.3, -0.25) is 14.5 Å². The van der Waals surface area contributed by atoms with Gasteiger partial charge in [-0.15, -0.1) is 0 Å². The van der Waals surface area contributed by atoms with Crippen LogP contribution in [0.4, 0.5) is 0 Å². The van der Waals surface area contributed by atoms with E-state index >= 15 is 0 Å². The third-order valence-electron chi connectivity index (χ3n) is 5.12. The van der Waals surface area contributed by atoms with Gasteiger partial charge in [-0.25, -0.2) is 0 Å². The van der Waals surface area contributed by atoms with Crippen molar-refractivity contribution in [1.82, 2.24) is 10.2 Å². The monoisotopic (exact) mass is 354 g/mol. The molecule has 5 heteroatoms. The van der Waals surface area contributed by atoms with Crippen LogP contribution in [0.1, 0.15) is 31.9 Å². The zero-order chi connectivity index (χ0) is 18.7. The number of benzene rings is 2. The summed E-state index contributed by atoms with van der Waals surface area (Å²) in [7, 11) is 0. The summed E-state index contributed by atoms with van der Waals surface area (Å²) in [5.74, 6) is -0.940. The van der Waals surface area contributed by atoms with E-state index in [9.17, 15) is 14.7 Å². The molecule has 138 valence electrons. The Kier molecular flexibility index (Phi) is 5.57. The molecule has 0 spiro atoms. The lowest BCUT2D eigenvalue weighted by Crippen LogP contribution is -2.47. The van der Waals surface area contributed by atoms with Crippen molar-refractivity contribution in [1.29, 1.82) is 0 Å². The van der Waals surface area contributed by atoms with Crippen LogP contribution in [0.3, 0.4) is 0 Å². The number of carboxylic acid groups (broad SMARTS) is 1. The van der Waals surface area contributed by atoms with Gasteiger partial charge in [-0.1, -0.05) is 49.4 Å². The molecule has 3 rings (SSSR count). The minimum atomic E-state index is -0.772. The maximum Gasteiger partial charge on any atom is 0.307 e. The highest BCUT2D eigenvalue weighted by Gasteiger charge is 2.30. The van der Waals surface area contributed by atoms with Crippen LogP contribution in [0.15, 0.2) is 42.5 Å². The molecule has 0 aromatic heterocycles. The fourth-order valence-electron chi connectivity index (χ4n) is 3.97. The van der Waals surface area contributed by atoms with Crippen LogP contribution in [0.25, 0.3) is 10.8 Å². The molecule has 26 heavy (non-hydrogen) atoms. The van der Waals surface area contributed by atoms with Crippen molar-refractivity contribution >= 4 is 22.6 Å². The zero-order valence-electron chi connectivity index (χ0n) is 15.3. The van der Waals surface area contributed by atoms with E-state index in [4.69, 9.17) is 0 Å². The Morgan fingerprint density at radius 1 is 1.19 bits per heavy atom. The SMILES string of the molecule is CC1CC(C(=O)O)CN(CC(=O)NC(C)c2cccc3ccccc23)C1. The van der Waals surface area contributed by atoms with Crippen LogP contribution in [-0.2, 0) is 9.59 Å². The molecule has 3 unspecified atom stereocenters. The number of likely N-dealkylation sites (tertiary alicyclic amines) is 1. The molecule has 1 aliphatic heterocycles. The van der Waals surface area contributed by atoms with E-state index in [-0.39, 0.29) is 30.3 Å². The lowest BCUT2D eigenvalue weighted by Gasteiger charge is -2.34. The van der Waals surface area contributed by atoms with E-state index in [0.717, 1.165) is 22.9 Å². The molecule has 1 saturated heterocycles. The lowest BCUT2D eigenvalue weighted by atomic mass is 9.90. The number of hydrogen-bond donors (Lipinski definition) is 2. The van der Waals surface area contributed by atoms with Gasteiger partial charge in [0.1, 0.15) is 0 Å². The Balaban J connectivity index is 1.65. The van der Waals surface area contributed by atoms with Crippen LogP contribution in [-0.4, -0.2) is 41.5 Å². The smallest absolute Gasteiger partial charge is 0.307 e. The van der Waals surface area contributed by atoms with Crippen LogP contribution in [0, 0.1) is 11.8 Å². The maximum atomic E-state index is 12.5. The number of carbonyl (C=O) groups excluding carboxylic acids is 1. The van der Waals surface area contributed by atoms with Crippen LogP contribution in [0.5, 0.6) is 0 Å². The van der Waals surface area contributed by atoms with Gasteiger partial charge < -0.3 is 10.4 Å². The fraction of sp³-hybridized carbons (Fsp3) is 0.429.